The lowest BCUT2D eigenvalue weighted by Crippen LogP contribution is -1.59. The van der Waals surface area contributed by atoms with Crippen LogP contribution in [0.15, 0.2) is 60.8 Å². The van der Waals surface area contributed by atoms with E-state index in [-0.39, 0.29) is 0 Å². The summed E-state index contributed by atoms with van der Waals surface area (Å²) in [4.78, 5) is 0. The molecule has 0 bridgehead atoms. The molecule has 0 unspecified atom stereocenters. The Morgan fingerprint density at radius 3 is 1.08 bits per heavy atom. The summed E-state index contributed by atoms with van der Waals surface area (Å²) in [6.45, 7) is 0. The van der Waals surface area contributed by atoms with Crippen LogP contribution in [0.2, 0.25) is 0 Å². The van der Waals surface area contributed by atoms with Gasteiger partial charge in [-0.2, -0.15) is 0 Å². The lowest BCUT2D eigenvalue weighted by molar-refractivity contribution is 1.31. The first-order valence-corrected chi connectivity index (χ1v) is 4.78. The molecule has 0 fully saturated rings. The number of hydrogen-bond acceptors (Lipinski definition) is 0. The van der Waals surface area contributed by atoms with Gasteiger partial charge in [-0.05, 0) is 19.3 Å². The van der Waals surface area contributed by atoms with Crippen LogP contribution in [0.1, 0.15) is 19.3 Å². The highest BCUT2D eigenvalue weighted by atomic mass is 13.8. The van der Waals surface area contributed by atoms with E-state index in [0.29, 0.717) is 0 Å². The molecule has 0 nitrogen and oxygen atoms in total. The zero-order chi connectivity index (χ0) is 9.19. The van der Waals surface area contributed by atoms with Crippen LogP contribution in [-0.2, 0) is 0 Å². The summed E-state index contributed by atoms with van der Waals surface area (Å²) in [7, 11) is 0. The van der Waals surface area contributed by atoms with E-state index in [1.54, 1.807) is 0 Å². The molecule has 1 aliphatic rings. The van der Waals surface area contributed by atoms with Gasteiger partial charge in [-0.1, -0.05) is 60.8 Å². The smallest absolute Gasteiger partial charge is 0.0163 e. The maximum atomic E-state index is 2.19. The van der Waals surface area contributed by atoms with E-state index in [4.69, 9.17) is 0 Å². The van der Waals surface area contributed by atoms with Gasteiger partial charge in [-0.15, -0.1) is 0 Å². The minimum absolute atomic E-state index is 1.02. The quantitative estimate of drug-likeness (QED) is 0.485. The summed E-state index contributed by atoms with van der Waals surface area (Å²) in [5.74, 6) is 0. The molecule has 0 spiro atoms. The van der Waals surface area contributed by atoms with Crippen LogP contribution in [0.25, 0.3) is 0 Å². The Hall–Kier alpha value is -1.30. The van der Waals surface area contributed by atoms with Crippen molar-refractivity contribution < 1.29 is 0 Å². The number of hydrogen-bond donors (Lipinski definition) is 0. The maximum absolute atomic E-state index is 2.19. The lowest BCUT2D eigenvalue weighted by atomic mass is 10.3. The predicted octanol–water partition coefficient (Wildman–Crippen LogP) is 3.95. The first kappa shape index (κ1) is 9.79. The Labute approximate surface area is 80.7 Å². The van der Waals surface area contributed by atoms with Gasteiger partial charge >= 0.3 is 0 Å². The highest BCUT2D eigenvalue weighted by Gasteiger charge is 1.74. The molecule has 1 aliphatic carbocycles. The molecular weight excluding hydrogens is 156 g/mol. The van der Waals surface area contributed by atoms with E-state index >= 15 is 0 Å². The monoisotopic (exact) mass is 172 g/mol. The molecule has 0 aromatic carbocycles. The number of allylic oxidation sites excluding steroid dienone is 10. The molecule has 0 aromatic heterocycles. The minimum Gasteiger partial charge on any atom is -0.0844 e. The summed E-state index contributed by atoms with van der Waals surface area (Å²) in [6, 6.07) is 0. The summed E-state index contributed by atoms with van der Waals surface area (Å²) >= 11 is 0. The highest BCUT2D eigenvalue weighted by Crippen LogP contribution is 1.95. The Bertz CT molecular complexity index is 223. The van der Waals surface area contributed by atoms with Gasteiger partial charge < -0.3 is 0 Å². The van der Waals surface area contributed by atoms with E-state index in [9.17, 15) is 0 Å². The molecule has 0 N–H and O–H groups in total. The first-order chi connectivity index (χ1) is 6.50. The fourth-order valence-corrected chi connectivity index (χ4v) is 1.06. The van der Waals surface area contributed by atoms with Crippen molar-refractivity contribution in [3.63, 3.8) is 0 Å². The third-order valence-electron chi connectivity index (χ3n) is 1.75. The van der Waals surface area contributed by atoms with E-state index in [0.717, 1.165) is 19.3 Å². The van der Waals surface area contributed by atoms with Crippen LogP contribution in [0.5, 0.6) is 0 Å². The molecule has 0 saturated heterocycles. The van der Waals surface area contributed by atoms with Gasteiger partial charge in [0.2, 0.25) is 0 Å². The van der Waals surface area contributed by atoms with Crippen molar-refractivity contribution in [1.29, 1.82) is 0 Å². The van der Waals surface area contributed by atoms with E-state index in [1.807, 2.05) is 0 Å². The Kier molecular flexibility index (Phi) is 5.54. The normalized spacial score (nSPS) is 27.7. The van der Waals surface area contributed by atoms with Crippen molar-refractivity contribution in [2.45, 2.75) is 19.3 Å². The molecule has 0 aliphatic heterocycles. The second kappa shape index (κ2) is 7.35. The van der Waals surface area contributed by atoms with Crippen molar-refractivity contribution in [2.24, 2.45) is 0 Å². The van der Waals surface area contributed by atoms with Gasteiger partial charge in [0.05, 0.1) is 0 Å². The molecule has 0 heterocycles. The zero-order valence-corrected chi connectivity index (χ0v) is 7.89. The van der Waals surface area contributed by atoms with E-state index in [1.165, 1.54) is 0 Å². The van der Waals surface area contributed by atoms with Crippen LogP contribution >= 0.6 is 0 Å². The summed E-state index contributed by atoms with van der Waals surface area (Å²) in [6.07, 6.45) is 24.5. The number of rotatable bonds is 0. The largest absolute Gasteiger partial charge is 0.0844 e. The van der Waals surface area contributed by atoms with Crippen LogP contribution in [0.3, 0.4) is 0 Å². The molecule has 0 amide bonds. The van der Waals surface area contributed by atoms with Gasteiger partial charge in [0.1, 0.15) is 0 Å². The first-order valence-electron chi connectivity index (χ1n) is 4.78. The van der Waals surface area contributed by atoms with Crippen molar-refractivity contribution in [3.8, 4) is 0 Å². The third kappa shape index (κ3) is 5.92. The minimum atomic E-state index is 1.02. The van der Waals surface area contributed by atoms with Gasteiger partial charge in [0.25, 0.3) is 0 Å². The average Bonchev–Trinajstić information content (AvgIpc) is 2.18. The molecule has 0 aromatic rings. The fourth-order valence-electron chi connectivity index (χ4n) is 1.06. The predicted molar refractivity (Wildman–Crippen MR) is 59.6 cm³/mol. The van der Waals surface area contributed by atoms with Crippen LogP contribution in [0, 0.1) is 0 Å². The maximum Gasteiger partial charge on any atom is -0.0163 e. The van der Waals surface area contributed by atoms with Crippen molar-refractivity contribution >= 4 is 0 Å². The second-order valence-corrected chi connectivity index (χ2v) is 2.89. The molecule has 68 valence electrons. The fraction of sp³-hybridized carbons (Fsp3) is 0.231. The Morgan fingerprint density at radius 1 is 0.385 bits per heavy atom. The van der Waals surface area contributed by atoms with Crippen molar-refractivity contribution in [2.75, 3.05) is 0 Å². The molecule has 0 saturated carbocycles. The SMILES string of the molecule is C1=CC/C=C/C/C=C/C=C\C/C=C\1. The van der Waals surface area contributed by atoms with Gasteiger partial charge in [0.15, 0.2) is 0 Å². The van der Waals surface area contributed by atoms with Crippen LogP contribution in [-0.4, -0.2) is 0 Å². The summed E-state index contributed by atoms with van der Waals surface area (Å²) in [5, 5.41) is 0. The van der Waals surface area contributed by atoms with E-state index < -0.39 is 0 Å². The average molecular weight is 172 g/mol. The van der Waals surface area contributed by atoms with Gasteiger partial charge in [-0.3, -0.25) is 0 Å². The van der Waals surface area contributed by atoms with Gasteiger partial charge in [-0.25, -0.2) is 0 Å². The molecule has 0 radical (unpaired) electrons. The Balaban J connectivity index is 2.49. The summed E-state index contributed by atoms with van der Waals surface area (Å²) in [5.41, 5.74) is 0. The van der Waals surface area contributed by atoms with Crippen molar-refractivity contribution in [1.82, 2.24) is 0 Å². The molecule has 0 atom stereocenters. The van der Waals surface area contributed by atoms with Crippen LogP contribution < -0.4 is 0 Å². The molecule has 13 heavy (non-hydrogen) atoms. The Morgan fingerprint density at radius 2 is 0.692 bits per heavy atom. The molecule has 1 rings (SSSR count). The zero-order valence-electron chi connectivity index (χ0n) is 7.89. The standard InChI is InChI=1S/C13H16/c1-2-4-6-8-10-12-13-11-9-7-5-3-1/h1-4,7-11,13H,5-6,12H2/b3-1-,4-2+,9-7-,10-8+,13-11?. The highest BCUT2D eigenvalue weighted by molar-refractivity contribution is 5.11. The lowest BCUT2D eigenvalue weighted by Gasteiger charge is -1.80. The van der Waals surface area contributed by atoms with E-state index in [2.05, 4.69) is 60.8 Å². The van der Waals surface area contributed by atoms with Crippen molar-refractivity contribution in [3.05, 3.63) is 60.8 Å². The third-order valence-corrected chi connectivity index (χ3v) is 1.75. The summed E-state index contributed by atoms with van der Waals surface area (Å²) < 4.78 is 0. The van der Waals surface area contributed by atoms with Gasteiger partial charge in [0, 0.05) is 0 Å². The molecule has 0 heteroatoms. The topological polar surface area (TPSA) is 0 Å². The second-order valence-electron chi connectivity index (χ2n) is 2.89. The molecular formula is C13H16. The van der Waals surface area contributed by atoms with Crippen LogP contribution in [0.4, 0.5) is 0 Å².